The summed E-state index contributed by atoms with van der Waals surface area (Å²) >= 11 is 0. The highest BCUT2D eigenvalue weighted by atomic mass is 19.4. The molecule has 4 heteroatoms. The van der Waals surface area contributed by atoms with E-state index in [-0.39, 0.29) is 23.1 Å². The number of phenolic OH excluding ortho intramolecular Hbond substituents is 1. The first-order valence-electron chi connectivity index (χ1n) is 5.58. The first-order chi connectivity index (χ1) is 7.64. The van der Waals surface area contributed by atoms with Gasteiger partial charge in [-0.25, -0.2) is 0 Å². The predicted octanol–water partition coefficient (Wildman–Crippen LogP) is 4.66. The Kier molecular flexibility index (Phi) is 3.74. The molecule has 1 rings (SSSR count). The van der Waals surface area contributed by atoms with E-state index in [4.69, 9.17) is 0 Å². The van der Waals surface area contributed by atoms with Crippen LogP contribution in [0, 0.1) is 0 Å². The quantitative estimate of drug-likeness (QED) is 0.804. The molecule has 0 aliphatic carbocycles. The fraction of sp³-hybridized carbons (Fsp3) is 0.538. The predicted molar refractivity (Wildman–Crippen MR) is 61.3 cm³/mol. The first kappa shape index (κ1) is 13.9. The van der Waals surface area contributed by atoms with E-state index in [1.807, 2.05) is 0 Å². The van der Waals surface area contributed by atoms with Gasteiger partial charge in [0.1, 0.15) is 5.75 Å². The zero-order chi connectivity index (χ0) is 13.4. The second-order valence-electron chi connectivity index (χ2n) is 4.81. The lowest BCUT2D eigenvalue weighted by molar-refractivity contribution is -0.138. The molecule has 0 bridgehead atoms. The van der Waals surface area contributed by atoms with Crippen molar-refractivity contribution >= 4 is 0 Å². The molecule has 0 aliphatic rings. The monoisotopic (exact) mass is 246 g/mol. The number of aromatic hydroxyl groups is 1. The van der Waals surface area contributed by atoms with Gasteiger partial charge < -0.3 is 5.11 Å². The van der Waals surface area contributed by atoms with Crippen LogP contribution in [0.4, 0.5) is 13.2 Å². The molecule has 0 spiro atoms. The Bertz CT molecular complexity index is 406. The minimum atomic E-state index is -4.38. The third kappa shape index (κ3) is 2.93. The van der Waals surface area contributed by atoms with Crippen molar-refractivity contribution in [3.05, 3.63) is 28.8 Å². The van der Waals surface area contributed by atoms with Gasteiger partial charge in [-0.15, -0.1) is 0 Å². The van der Waals surface area contributed by atoms with Gasteiger partial charge >= 0.3 is 6.18 Å². The maximum Gasteiger partial charge on any atom is 0.416 e. The third-order valence-electron chi connectivity index (χ3n) is 2.75. The van der Waals surface area contributed by atoms with E-state index >= 15 is 0 Å². The number of rotatable bonds is 2. The first-order valence-corrected chi connectivity index (χ1v) is 5.58. The number of benzene rings is 1. The van der Waals surface area contributed by atoms with Crippen molar-refractivity contribution in [2.75, 3.05) is 0 Å². The van der Waals surface area contributed by atoms with Crippen LogP contribution < -0.4 is 0 Å². The van der Waals surface area contributed by atoms with Gasteiger partial charge in [-0.1, -0.05) is 27.7 Å². The highest BCUT2D eigenvalue weighted by molar-refractivity contribution is 5.45. The number of phenols is 1. The van der Waals surface area contributed by atoms with Gasteiger partial charge in [0, 0.05) is 0 Å². The summed E-state index contributed by atoms with van der Waals surface area (Å²) in [5.41, 5.74) is -0.171. The molecule has 0 fully saturated rings. The molecule has 0 atom stereocenters. The van der Waals surface area contributed by atoms with Gasteiger partial charge in [0.05, 0.1) is 5.56 Å². The van der Waals surface area contributed by atoms with Crippen LogP contribution in [0.15, 0.2) is 12.1 Å². The van der Waals surface area contributed by atoms with E-state index in [1.165, 1.54) is 6.07 Å². The van der Waals surface area contributed by atoms with Crippen LogP contribution in [-0.4, -0.2) is 5.11 Å². The highest BCUT2D eigenvalue weighted by Gasteiger charge is 2.35. The second kappa shape index (κ2) is 4.59. The fourth-order valence-electron chi connectivity index (χ4n) is 1.81. The summed E-state index contributed by atoms with van der Waals surface area (Å²) in [4.78, 5) is 0. The topological polar surface area (TPSA) is 20.2 Å². The minimum Gasteiger partial charge on any atom is -0.508 e. The van der Waals surface area contributed by atoms with Crippen molar-refractivity contribution in [1.29, 1.82) is 0 Å². The molecule has 1 aromatic rings. The van der Waals surface area contributed by atoms with Gasteiger partial charge in [-0.2, -0.15) is 13.2 Å². The molecule has 0 saturated carbocycles. The SMILES string of the molecule is CC(C)c1cc(C(F)(F)F)c(C(C)C)cc1O. The van der Waals surface area contributed by atoms with Crippen molar-refractivity contribution < 1.29 is 18.3 Å². The van der Waals surface area contributed by atoms with Crippen molar-refractivity contribution in [3.8, 4) is 5.75 Å². The van der Waals surface area contributed by atoms with E-state index in [1.54, 1.807) is 27.7 Å². The summed E-state index contributed by atoms with van der Waals surface area (Å²) in [6.07, 6.45) is -4.38. The molecule has 0 unspecified atom stereocenters. The maximum absolute atomic E-state index is 12.9. The van der Waals surface area contributed by atoms with Gasteiger partial charge in [0.25, 0.3) is 0 Å². The summed E-state index contributed by atoms with van der Waals surface area (Å²) in [5.74, 6) is -0.479. The van der Waals surface area contributed by atoms with Crippen LogP contribution >= 0.6 is 0 Å². The molecule has 1 aromatic carbocycles. The molecule has 96 valence electrons. The Balaban J connectivity index is 3.48. The zero-order valence-corrected chi connectivity index (χ0v) is 10.4. The van der Waals surface area contributed by atoms with Crippen LogP contribution in [0.3, 0.4) is 0 Å². The maximum atomic E-state index is 12.9. The molecular formula is C13H17F3O. The van der Waals surface area contributed by atoms with E-state index in [0.29, 0.717) is 5.56 Å². The van der Waals surface area contributed by atoms with Crippen molar-refractivity contribution in [2.45, 2.75) is 45.7 Å². The van der Waals surface area contributed by atoms with E-state index < -0.39 is 11.7 Å². The third-order valence-corrected chi connectivity index (χ3v) is 2.75. The molecule has 0 amide bonds. The largest absolute Gasteiger partial charge is 0.508 e. The lowest BCUT2D eigenvalue weighted by Crippen LogP contribution is -2.11. The summed E-state index contributed by atoms with van der Waals surface area (Å²) in [6.45, 7) is 6.87. The van der Waals surface area contributed by atoms with Crippen LogP contribution in [0.25, 0.3) is 0 Å². The van der Waals surface area contributed by atoms with E-state index in [2.05, 4.69) is 0 Å². The van der Waals surface area contributed by atoms with Gasteiger partial charge in [-0.3, -0.25) is 0 Å². The lowest BCUT2D eigenvalue weighted by atomic mass is 9.91. The van der Waals surface area contributed by atoms with E-state index in [0.717, 1.165) is 6.07 Å². The highest BCUT2D eigenvalue weighted by Crippen LogP contribution is 2.40. The van der Waals surface area contributed by atoms with E-state index in [9.17, 15) is 18.3 Å². The Hall–Kier alpha value is -1.19. The summed E-state index contributed by atoms with van der Waals surface area (Å²) in [6, 6.07) is 2.30. The summed E-state index contributed by atoms with van der Waals surface area (Å²) < 4.78 is 38.7. The van der Waals surface area contributed by atoms with Gasteiger partial charge in [-0.05, 0) is 35.1 Å². The Morgan fingerprint density at radius 1 is 0.941 bits per heavy atom. The fourth-order valence-corrected chi connectivity index (χ4v) is 1.81. The minimum absolute atomic E-state index is 0.0586. The molecule has 1 nitrogen and oxygen atoms in total. The molecule has 0 aliphatic heterocycles. The Morgan fingerprint density at radius 2 is 1.41 bits per heavy atom. The van der Waals surface area contributed by atoms with Crippen LogP contribution in [0.1, 0.15) is 56.2 Å². The normalized spacial score (nSPS) is 12.5. The number of alkyl halides is 3. The van der Waals surface area contributed by atoms with Crippen LogP contribution in [0.5, 0.6) is 5.75 Å². The molecule has 0 aromatic heterocycles. The smallest absolute Gasteiger partial charge is 0.416 e. The van der Waals surface area contributed by atoms with Crippen molar-refractivity contribution in [1.82, 2.24) is 0 Å². The number of hydrogen-bond acceptors (Lipinski definition) is 1. The van der Waals surface area contributed by atoms with Crippen LogP contribution in [0.2, 0.25) is 0 Å². The average molecular weight is 246 g/mol. The molecule has 0 heterocycles. The molecule has 1 N–H and O–H groups in total. The summed E-state index contributed by atoms with van der Waals surface area (Å²) in [7, 11) is 0. The number of halogens is 3. The molecule has 0 radical (unpaired) electrons. The van der Waals surface area contributed by atoms with Gasteiger partial charge in [0.2, 0.25) is 0 Å². The Labute approximate surface area is 99.3 Å². The molecule has 17 heavy (non-hydrogen) atoms. The van der Waals surface area contributed by atoms with Crippen LogP contribution in [-0.2, 0) is 6.18 Å². The lowest BCUT2D eigenvalue weighted by Gasteiger charge is -2.19. The molecule has 0 saturated heterocycles. The second-order valence-corrected chi connectivity index (χ2v) is 4.81. The van der Waals surface area contributed by atoms with Crippen molar-refractivity contribution in [2.24, 2.45) is 0 Å². The standard InChI is InChI=1S/C13H17F3O/c1-7(2)9-6-12(17)10(8(3)4)5-11(9)13(14,15)16/h5-8,17H,1-4H3. The zero-order valence-electron chi connectivity index (χ0n) is 10.4. The molecular weight excluding hydrogens is 229 g/mol. The summed E-state index contributed by atoms with van der Waals surface area (Å²) in [5, 5.41) is 9.73. The number of hydrogen-bond donors (Lipinski definition) is 1. The van der Waals surface area contributed by atoms with Crippen molar-refractivity contribution in [3.63, 3.8) is 0 Å². The van der Waals surface area contributed by atoms with Gasteiger partial charge in [0.15, 0.2) is 0 Å². The average Bonchev–Trinajstić information content (AvgIpc) is 2.14. The Morgan fingerprint density at radius 3 is 1.76 bits per heavy atom.